The van der Waals surface area contributed by atoms with Gasteiger partial charge in [-0.25, -0.2) is 4.68 Å². The van der Waals surface area contributed by atoms with Crippen molar-refractivity contribution < 1.29 is 14.0 Å². The Hall–Kier alpha value is -4.52. The van der Waals surface area contributed by atoms with Crippen molar-refractivity contribution in [2.45, 2.75) is 20.8 Å². The predicted molar refractivity (Wildman–Crippen MR) is 146 cm³/mol. The van der Waals surface area contributed by atoms with Gasteiger partial charge in [-0.15, -0.1) is 5.10 Å². The van der Waals surface area contributed by atoms with Crippen molar-refractivity contribution in [2.75, 3.05) is 0 Å². The fourth-order valence-corrected chi connectivity index (χ4v) is 4.99. The summed E-state index contributed by atoms with van der Waals surface area (Å²) in [6.45, 7) is 6.38. The number of aryl methyl sites for hydroxylation is 4. The summed E-state index contributed by atoms with van der Waals surface area (Å²) in [5, 5.41) is 8.88. The van der Waals surface area contributed by atoms with E-state index in [-0.39, 0.29) is 0 Å². The third-order valence-electron chi connectivity index (χ3n) is 6.53. The molecule has 4 aromatic carbocycles. The number of aromatic nitrogens is 3. The van der Waals surface area contributed by atoms with Crippen LogP contribution in [0.3, 0.4) is 0 Å². The number of ether oxygens (including phenoxy) is 1. The molecule has 37 heavy (non-hydrogen) atoms. The van der Waals surface area contributed by atoms with Crippen LogP contribution in [0.1, 0.15) is 16.7 Å². The lowest BCUT2D eigenvalue weighted by Gasteiger charge is -2.14. The molecule has 0 atom stereocenters. The van der Waals surface area contributed by atoms with Crippen LogP contribution in [0.4, 0.5) is 0 Å². The van der Waals surface area contributed by atoms with E-state index in [1.165, 1.54) is 16.7 Å². The average Bonchev–Trinajstić information content (AvgIpc) is 3.48. The molecule has 0 spiro atoms. The fraction of sp³-hybridized carbons (Fsp3) is 0.133. The van der Waals surface area contributed by atoms with Gasteiger partial charge < -0.3 is 14.0 Å². The zero-order valence-electron chi connectivity index (χ0n) is 21.2. The summed E-state index contributed by atoms with van der Waals surface area (Å²) in [4.78, 5) is 0. The van der Waals surface area contributed by atoms with Crippen molar-refractivity contribution in [3.63, 3.8) is 0 Å². The van der Waals surface area contributed by atoms with E-state index in [4.69, 9.17) is 14.0 Å². The fourth-order valence-electron chi connectivity index (χ4n) is 4.99. The van der Waals surface area contributed by atoms with Crippen LogP contribution in [0.15, 0.2) is 84.9 Å². The van der Waals surface area contributed by atoms with Gasteiger partial charge in [0.2, 0.25) is 0 Å². The number of hydrogen-bond acceptors (Lipinski definition) is 5. The zero-order valence-corrected chi connectivity index (χ0v) is 21.2. The summed E-state index contributed by atoms with van der Waals surface area (Å²) < 4.78 is 20.0. The monoisotopic (exact) mass is 487 g/mol. The van der Waals surface area contributed by atoms with Gasteiger partial charge in [0.25, 0.3) is 0 Å². The summed E-state index contributed by atoms with van der Waals surface area (Å²) in [7, 11) is 1.43. The minimum atomic E-state index is -0.504. The van der Waals surface area contributed by atoms with Crippen LogP contribution in [0, 0.1) is 20.8 Å². The van der Waals surface area contributed by atoms with Crippen LogP contribution >= 0.6 is 0 Å². The molecule has 6 nitrogen and oxygen atoms in total. The van der Waals surface area contributed by atoms with Crippen molar-refractivity contribution in [1.29, 1.82) is 0 Å². The highest BCUT2D eigenvalue weighted by Crippen LogP contribution is 2.36. The number of benzene rings is 4. The molecule has 1 aliphatic rings. The molecule has 7 heteroatoms. The number of fused-ring (bicyclic) bond motifs is 1. The Kier molecular flexibility index (Phi) is 5.68. The maximum Gasteiger partial charge on any atom is 0.632 e. The van der Waals surface area contributed by atoms with Gasteiger partial charge in [-0.3, -0.25) is 0 Å². The lowest BCUT2D eigenvalue weighted by Crippen LogP contribution is -2.38. The quantitative estimate of drug-likeness (QED) is 0.283. The molecule has 0 N–H and O–H groups in total. The van der Waals surface area contributed by atoms with Gasteiger partial charge in [-0.05, 0) is 68.3 Å². The molecule has 1 aromatic heterocycles. The van der Waals surface area contributed by atoms with E-state index in [0.717, 1.165) is 39.5 Å². The highest BCUT2D eigenvalue weighted by molar-refractivity contribution is 6.63. The number of para-hydroxylation sites is 2. The van der Waals surface area contributed by atoms with Crippen molar-refractivity contribution in [2.24, 2.45) is 7.05 Å². The second-order valence-corrected chi connectivity index (χ2v) is 9.40. The Morgan fingerprint density at radius 2 is 1.41 bits per heavy atom. The second-order valence-electron chi connectivity index (χ2n) is 9.40. The number of nitrogens with zero attached hydrogens (tertiary/aromatic N) is 3. The maximum atomic E-state index is 6.27. The van der Waals surface area contributed by atoms with E-state index in [9.17, 15) is 0 Å². The molecule has 1 aliphatic heterocycles. The van der Waals surface area contributed by atoms with E-state index < -0.39 is 7.12 Å². The van der Waals surface area contributed by atoms with Gasteiger partial charge in [-0.1, -0.05) is 59.3 Å². The van der Waals surface area contributed by atoms with Crippen LogP contribution in [0.25, 0.3) is 22.5 Å². The standard InChI is InChI=1S/C30H26BN3O3/c1-19-15-20(2)28(21(3)16-19)30-29(32-33-34(30)4)22-9-7-11-24(17-22)35-25-12-8-10-23(18-25)31-36-26-13-5-6-14-27(26)37-31/h5-18H,1-4H3. The number of rotatable bonds is 5. The molecule has 0 radical (unpaired) electrons. The lowest BCUT2D eigenvalue weighted by molar-refractivity contribution is 0.482. The first kappa shape index (κ1) is 22.9. The van der Waals surface area contributed by atoms with Crippen molar-refractivity contribution in [3.05, 3.63) is 102 Å². The molecule has 182 valence electrons. The number of hydrogen-bond donors (Lipinski definition) is 0. The normalized spacial score (nSPS) is 12.2. The second kappa shape index (κ2) is 9.17. The van der Waals surface area contributed by atoms with Crippen LogP contribution in [-0.4, -0.2) is 22.1 Å². The Morgan fingerprint density at radius 3 is 2.11 bits per heavy atom. The van der Waals surface area contributed by atoms with Crippen LogP contribution in [0.5, 0.6) is 23.0 Å². The van der Waals surface area contributed by atoms with Gasteiger partial charge in [0.05, 0.1) is 5.69 Å². The average molecular weight is 487 g/mol. The Labute approximate surface area is 216 Å². The summed E-state index contributed by atoms with van der Waals surface area (Å²) in [6, 6.07) is 27.8. The van der Waals surface area contributed by atoms with E-state index in [1.807, 2.05) is 84.5 Å². The minimum Gasteiger partial charge on any atom is -0.519 e. The third kappa shape index (κ3) is 4.33. The smallest absolute Gasteiger partial charge is 0.519 e. The first-order valence-corrected chi connectivity index (χ1v) is 12.2. The first-order chi connectivity index (χ1) is 18.0. The zero-order chi connectivity index (χ0) is 25.5. The van der Waals surface area contributed by atoms with E-state index in [1.54, 1.807) is 0 Å². The highest BCUT2D eigenvalue weighted by Gasteiger charge is 2.34. The van der Waals surface area contributed by atoms with Crippen LogP contribution in [0.2, 0.25) is 0 Å². The molecule has 6 rings (SSSR count). The predicted octanol–water partition coefficient (Wildman–Crippen LogP) is 6.03. The van der Waals surface area contributed by atoms with Gasteiger partial charge in [0.1, 0.15) is 28.7 Å². The molecule has 0 bridgehead atoms. The summed E-state index contributed by atoms with van der Waals surface area (Å²) in [5.41, 5.74) is 8.43. The molecule has 0 saturated heterocycles. The summed E-state index contributed by atoms with van der Waals surface area (Å²) in [6.07, 6.45) is 0. The lowest BCUT2D eigenvalue weighted by atomic mass is 9.79. The molecule has 0 fully saturated rings. The minimum absolute atomic E-state index is 0.504. The van der Waals surface area contributed by atoms with Crippen molar-refractivity contribution >= 4 is 12.6 Å². The molecule has 0 aliphatic carbocycles. The first-order valence-electron chi connectivity index (χ1n) is 12.2. The van der Waals surface area contributed by atoms with E-state index in [2.05, 4.69) is 43.2 Å². The van der Waals surface area contributed by atoms with Gasteiger partial charge in [-0.2, -0.15) is 0 Å². The van der Waals surface area contributed by atoms with Crippen molar-refractivity contribution in [1.82, 2.24) is 15.0 Å². The van der Waals surface area contributed by atoms with Gasteiger partial charge in [0.15, 0.2) is 0 Å². The van der Waals surface area contributed by atoms with Crippen LogP contribution < -0.4 is 19.5 Å². The SMILES string of the molecule is Cc1cc(C)c(-c2c(-c3cccc(Oc4cccc(B5Oc6ccccc6O5)c4)c3)nnn2C)c(C)c1. The van der Waals surface area contributed by atoms with Gasteiger partial charge >= 0.3 is 7.12 Å². The maximum absolute atomic E-state index is 6.27. The highest BCUT2D eigenvalue weighted by atomic mass is 16.6. The summed E-state index contributed by atoms with van der Waals surface area (Å²) >= 11 is 0. The Morgan fingerprint density at radius 1 is 0.757 bits per heavy atom. The topological polar surface area (TPSA) is 58.4 Å². The molecular weight excluding hydrogens is 461 g/mol. The largest absolute Gasteiger partial charge is 0.632 e. The molecule has 2 heterocycles. The van der Waals surface area contributed by atoms with E-state index >= 15 is 0 Å². The van der Waals surface area contributed by atoms with Crippen LogP contribution in [-0.2, 0) is 7.05 Å². The van der Waals surface area contributed by atoms with Gasteiger partial charge in [0, 0.05) is 23.6 Å². The molecule has 5 aromatic rings. The third-order valence-corrected chi connectivity index (χ3v) is 6.53. The van der Waals surface area contributed by atoms with Crippen molar-refractivity contribution in [3.8, 4) is 45.5 Å². The Balaban J connectivity index is 1.29. The Bertz CT molecular complexity index is 1580. The summed E-state index contributed by atoms with van der Waals surface area (Å²) in [5.74, 6) is 2.89. The molecule has 0 saturated carbocycles. The van der Waals surface area contributed by atoms with E-state index in [0.29, 0.717) is 11.5 Å². The molecule has 0 unspecified atom stereocenters. The molecule has 0 amide bonds. The molecular formula is C30H26BN3O3.